The molecule has 6 nitrogen and oxygen atoms in total. The minimum atomic E-state index is -0.210. The average molecular weight is 339 g/mol. The summed E-state index contributed by atoms with van der Waals surface area (Å²) in [6.07, 6.45) is 10.8. The molecule has 6 heteroatoms. The van der Waals surface area contributed by atoms with Crippen LogP contribution in [0.25, 0.3) is 6.08 Å². The molecule has 2 heterocycles. The molecule has 1 atom stereocenters. The summed E-state index contributed by atoms with van der Waals surface area (Å²) in [6, 6.07) is 7.74. The first-order valence-electron chi connectivity index (χ1n) is 8.68. The van der Waals surface area contributed by atoms with Gasteiger partial charge in [0.2, 0.25) is 5.91 Å². The number of likely N-dealkylation sites (N-methyl/N-ethyl adjacent to an activating group) is 1. The number of nitrogen functional groups attached to an aromatic ring is 1. The topological polar surface area (TPSA) is 76.2 Å². The van der Waals surface area contributed by atoms with Crippen molar-refractivity contribution in [1.82, 2.24) is 14.7 Å². The molecule has 1 aromatic heterocycles. The number of likely N-dealkylation sites (tertiary alicyclic amines) is 1. The minimum absolute atomic E-state index is 0.210. The van der Waals surface area contributed by atoms with Crippen LogP contribution >= 0.6 is 0 Å². The smallest absolute Gasteiger partial charge is 0.248 e. The molecule has 1 aromatic carbocycles. The van der Waals surface area contributed by atoms with Crippen LogP contribution in [0, 0.1) is 0 Å². The number of aromatic nitrogens is 2. The van der Waals surface area contributed by atoms with Gasteiger partial charge in [-0.05, 0) is 44.6 Å². The first kappa shape index (κ1) is 17.2. The van der Waals surface area contributed by atoms with Gasteiger partial charge in [0.25, 0.3) is 0 Å². The lowest BCUT2D eigenvalue weighted by Crippen LogP contribution is -2.39. The Kier molecular flexibility index (Phi) is 5.50. The van der Waals surface area contributed by atoms with Crippen molar-refractivity contribution in [2.75, 3.05) is 24.6 Å². The summed E-state index contributed by atoms with van der Waals surface area (Å²) in [4.78, 5) is 14.4. The van der Waals surface area contributed by atoms with Crippen molar-refractivity contribution in [3.05, 3.63) is 48.3 Å². The highest BCUT2D eigenvalue weighted by molar-refractivity contribution is 6.03. The maximum atomic E-state index is 12.0. The molecule has 1 amide bonds. The van der Waals surface area contributed by atoms with Crippen LogP contribution < -0.4 is 11.1 Å². The summed E-state index contributed by atoms with van der Waals surface area (Å²) in [6.45, 7) is 2.04. The monoisotopic (exact) mass is 339 g/mol. The van der Waals surface area contributed by atoms with E-state index in [2.05, 4.69) is 22.4 Å². The highest BCUT2D eigenvalue weighted by Crippen LogP contribution is 2.18. The number of hydrogen-bond acceptors (Lipinski definition) is 4. The Labute approximate surface area is 148 Å². The van der Waals surface area contributed by atoms with Gasteiger partial charge in [0, 0.05) is 23.9 Å². The Morgan fingerprint density at radius 1 is 1.40 bits per heavy atom. The summed E-state index contributed by atoms with van der Waals surface area (Å²) in [7, 11) is 2.17. The second kappa shape index (κ2) is 7.98. The van der Waals surface area contributed by atoms with Crippen LogP contribution in [0.1, 0.15) is 24.8 Å². The third-order valence-corrected chi connectivity index (χ3v) is 4.62. The van der Waals surface area contributed by atoms with E-state index in [0.29, 0.717) is 17.4 Å². The third kappa shape index (κ3) is 4.70. The predicted molar refractivity (Wildman–Crippen MR) is 101 cm³/mol. The number of amides is 1. The largest absolute Gasteiger partial charge is 0.397 e. The summed E-state index contributed by atoms with van der Waals surface area (Å²) in [5, 5.41) is 7.18. The molecule has 1 aliphatic heterocycles. The molecule has 1 fully saturated rings. The summed E-state index contributed by atoms with van der Waals surface area (Å²) < 4.78 is 1.96. The molecule has 2 aromatic rings. The van der Waals surface area contributed by atoms with Gasteiger partial charge in [-0.25, -0.2) is 0 Å². The van der Waals surface area contributed by atoms with Gasteiger partial charge in [0.1, 0.15) is 0 Å². The highest BCUT2D eigenvalue weighted by atomic mass is 16.1. The number of hydrogen-bond donors (Lipinski definition) is 2. The minimum Gasteiger partial charge on any atom is -0.397 e. The van der Waals surface area contributed by atoms with Crippen LogP contribution in [0.15, 0.2) is 42.7 Å². The van der Waals surface area contributed by atoms with Gasteiger partial charge < -0.3 is 16.0 Å². The molecule has 3 rings (SSSR count). The fourth-order valence-corrected chi connectivity index (χ4v) is 3.11. The van der Waals surface area contributed by atoms with E-state index in [0.717, 1.165) is 18.7 Å². The summed E-state index contributed by atoms with van der Waals surface area (Å²) in [5.41, 5.74) is 7.90. The Bertz CT molecular complexity index is 752. The normalized spacial score (nSPS) is 18.5. The molecule has 3 N–H and O–H groups in total. The van der Waals surface area contributed by atoms with E-state index in [1.54, 1.807) is 24.4 Å². The van der Waals surface area contributed by atoms with E-state index in [9.17, 15) is 4.79 Å². The third-order valence-electron chi connectivity index (χ3n) is 4.62. The van der Waals surface area contributed by atoms with Crippen LogP contribution in [0.2, 0.25) is 0 Å². The second-order valence-electron chi connectivity index (χ2n) is 6.54. The van der Waals surface area contributed by atoms with E-state index in [-0.39, 0.29) is 5.91 Å². The van der Waals surface area contributed by atoms with E-state index < -0.39 is 0 Å². The molecule has 0 aliphatic carbocycles. The second-order valence-corrected chi connectivity index (χ2v) is 6.54. The highest BCUT2D eigenvalue weighted by Gasteiger charge is 2.19. The molecule has 1 saturated heterocycles. The number of para-hydroxylation sites is 2. The molecular weight excluding hydrogens is 314 g/mol. The fraction of sp³-hybridized carbons (Fsp3) is 0.368. The van der Waals surface area contributed by atoms with Gasteiger partial charge in [0.15, 0.2) is 0 Å². The molecule has 25 heavy (non-hydrogen) atoms. The zero-order valence-corrected chi connectivity index (χ0v) is 14.6. The van der Waals surface area contributed by atoms with E-state index >= 15 is 0 Å². The van der Waals surface area contributed by atoms with Crippen LogP contribution in [0.3, 0.4) is 0 Å². The van der Waals surface area contributed by atoms with Gasteiger partial charge in [-0.2, -0.15) is 5.10 Å². The SMILES string of the molecule is CN1CCCCC1Cn1cc(/C=C/C(=O)Nc2ccccc2N)cn1. The Morgan fingerprint density at radius 2 is 2.24 bits per heavy atom. The Morgan fingerprint density at radius 3 is 3.04 bits per heavy atom. The lowest BCUT2D eigenvalue weighted by molar-refractivity contribution is -0.111. The number of piperidine rings is 1. The van der Waals surface area contributed by atoms with Gasteiger partial charge in [-0.3, -0.25) is 9.48 Å². The number of nitrogens with one attached hydrogen (secondary N) is 1. The lowest BCUT2D eigenvalue weighted by Gasteiger charge is -2.32. The fourth-order valence-electron chi connectivity index (χ4n) is 3.11. The molecule has 1 unspecified atom stereocenters. The molecule has 0 spiro atoms. The van der Waals surface area contributed by atoms with Crippen LogP contribution in [-0.4, -0.2) is 40.2 Å². The van der Waals surface area contributed by atoms with Crippen molar-refractivity contribution in [3.8, 4) is 0 Å². The molecular formula is C19H25N5O. The van der Waals surface area contributed by atoms with Crippen LogP contribution in [0.5, 0.6) is 0 Å². The van der Waals surface area contributed by atoms with Gasteiger partial charge in [0.05, 0.1) is 24.1 Å². The van der Waals surface area contributed by atoms with Crippen molar-refractivity contribution < 1.29 is 4.79 Å². The number of rotatable bonds is 5. The molecule has 0 saturated carbocycles. The summed E-state index contributed by atoms with van der Waals surface area (Å²) in [5.74, 6) is -0.210. The number of carbonyl (C=O) groups excluding carboxylic acids is 1. The summed E-state index contributed by atoms with van der Waals surface area (Å²) >= 11 is 0. The average Bonchev–Trinajstić information content (AvgIpc) is 3.05. The number of benzene rings is 1. The number of nitrogens with zero attached hydrogens (tertiary/aromatic N) is 3. The Balaban J connectivity index is 1.56. The van der Waals surface area contributed by atoms with Gasteiger partial charge >= 0.3 is 0 Å². The standard InChI is InChI=1S/C19H25N5O/c1-23-11-5-4-6-16(23)14-24-13-15(12-21-24)9-10-19(25)22-18-8-3-2-7-17(18)20/h2-3,7-10,12-13,16H,4-6,11,14,20H2,1H3,(H,22,25)/b10-9+. The zero-order chi connectivity index (χ0) is 17.6. The van der Waals surface area contributed by atoms with E-state index in [4.69, 9.17) is 5.73 Å². The van der Waals surface area contributed by atoms with Crippen LogP contribution in [-0.2, 0) is 11.3 Å². The number of anilines is 2. The molecule has 0 radical (unpaired) electrons. The van der Waals surface area contributed by atoms with Gasteiger partial charge in [-0.1, -0.05) is 18.6 Å². The number of nitrogens with two attached hydrogens (primary N) is 1. The predicted octanol–water partition coefficient (Wildman–Crippen LogP) is 2.60. The Hall–Kier alpha value is -2.60. The quantitative estimate of drug-likeness (QED) is 0.648. The zero-order valence-electron chi connectivity index (χ0n) is 14.6. The maximum absolute atomic E-state index is 12.0. The molecule has 132 valence electrons. The first-order valence-corrected chi connectivity index (χ1v) is 8.68. The van der Waals surface area contributed by atoms with Crippen LogP contribution in [0.4, 0.5) is 11.4 Å². The van der Waals surface area contributed by atoms with Crippen molar-refractivity contribution >= 4 is 23.4 Å². The first-order chi connectivity index (χ1) is 12.1. The van der Waals surface area contributed by atoms with Crippen molar-refractivity contribution in [2.24, 2.45) is 0 Å². The van der Waals surface area contributed by atoms with E-state index in [1.807, 2.05) is 23.0 Å². The molecule has 0 bridgehead atoms. The van der Waals surface area contributed by atoms with E-state index in [1.165, 1.54) is 25.3 Å². The molecule has 1 aliphatic rings. The maximum Gasteiger partial charge on any atom is 0.248 e. The lowest BCUT2D eigenvalue weighted by atomic mass is 10.0. The van der Waals surface area contributed by atoms with Crippen molar-refractivity contribution in [1.29, 1.82) is 0 Å². The van der Waals surface area contributed by atoms with Gasteiger partial charge in [-0.15, -0.1) is 0 Å². The van der Waals surface area contributed by atoms with Crippen molar-refractivity contribution in [3.63, 3.8) is 0 Å². The number of carbonyl (C=O) groups is 1. The van der Waals surface area contributed by atoms with Crippen molar-refractivity contribution in [2.45, 2.75) is 31.8 Å².